The van der Waals surface area contributed by atoms with Gasteiger partial charge in [0.25, 0.3) is 5.91 Å². The van der Waals surface area contributed by atoms with E-state index in [1.54, 1.807) is 30.1 Å². The Balaban J connectivity index is 1.44. The molecule has 164 valence electrons. The molecule has 4 rings (SSSR count). The largest absolute Gasteiger partial charge is 0.490 e. The van der Waals surface area contributed by atoms with Crippen LogP contribution in [0.3, 0.4) is 0 Å². The van der Waals surface area contributed by atoms with Gasteiger partial charge in [0, 0.05) is 22.1 Å². The number of pyridine rings is 1. The highest BCUT2D eigenvalue weighted by Crippen LogP contribution is 2.32. The second kappa shape index (κ2) is 10.0. The molecule has 32 heavy (non-hydrogen) atoms. The molecule has 1 saturated heterocycles. The number of nitrogens with zero attached hydrogens (tertiary/aromatic N) is 1. The Labute approximate surface area is 193 Å². The van der Waals surface area contributed by atoms with Gasteiger partial charge in [0.15, 0.2) is 0 Å². The molecule has 1 aliphatic rings. The van der Waals surface area contributed by atoms with Crippen LogP contribution < -0.4 is 15.4 Å². The molecule has 3 aromatic rings. The number of allylic oxidation sites excluding steroid dienone is 1. The fraction of sp³-hybridized carbons (Fsp3) is 0.231. The van der Waals surface area contributed by atoms with Crippen molar-refractivity contribution < 1.29 is 9.53 Å². The van der Waals surface area contributed by atoms with E-state index in [1.165, 1.54) is 0 Å². The Hall–Kier alpha value is -3.09. The summed E-state index contributed by atoms with van der Waals surface area (Å²) < 4.78 is 6.01. The van der Waals surface area contributed by atoms with Crippen LogP contribution in [0, 0.1) is 0 Å². The van der Waals surface area contributed by atoms with E-state index in [-0.39, 0.29) is 12.0 Å². The maximum Gasteiger partial charge on any atom is 0.256 e. The number of nitrogens with one attached hydrogen (secondary N) is 2. The minimum atomic E-state index is -0.205. The van der Waals surface area contributed by atoms with Crippen molar-refractivity contribution in [2.24, 2.45) is 0 Å². The van der Waals surface area contributed by atoms with Crippen LogP contribution in [0.2, 0.25) is 0 Å². The first kappa shape index (κ1) is 22.1. The first-order chi connectivity index (χ1) is 15.5. The smallest absolute Gasteiger partial charge is 0.256 e. The van der Waals surface area contributed by atoms with Gasteiger partial charge >= 0.3 is 0 Å². The number of carbonyl (C=O) groups is 1. The molecule has 6 heteroatoms. The van der Waals surface area contributed by atoms with E-state index in [9.17, 15) is 4.79 Å². The summed E-state index contributed by atoms with van der Waals surface area (Å²) in [6.45, 7) is 12.0. The zero-order chi connectivity index (χ0) is 22.5. The third-order valence-corrected chi connectivity index (χ3v) is 6.12. The highest BCUT2D eigenvalue weighted by Gasteiger charge is 2.15. The minimum Gasteiger partial charge on any atom is -0.490 e. The van der Waals surface area contributed by atoms with Gasteiger partial charge in [-0.25, -0.2) is 4.98 Å². The molecule has 0 radical (unpaired) electrons. The Morgan fingerprint density at radius 3 is 2.50 bits per heavy atom. The Morgan fingerprint density at radius 1 is 1.06 bits per heavy atom. The molecule has 0 bridgehead atoms. The summed E-state index contributed by atoms with van der Waals surface area (Å²) in [5, 5.41) is 8.21. The average molecular weight is 446 g/mol. The van der Waals surface area contributed by atoms with Crippen molar-refractivity contribution in [3.8, 4) is 5.75 Å². The molecule has 0 unspecified atom stereocenters. The number of piperidine rings is 1. The first-order valence-corrected chi connectivity index (χ1v) is 11.5. The third kappa shape index (κ3) is 5.58. The molecule has 0 aliphatic carbocycles. The van der Waals surface area contributed by atoms with E-state index in [1.807, 2.05) is 37.3 Å². The number of rotatable bonds is 7. The fourth-order valence-electron chi connectivity index (χ4n) is 3.63. The van der Waals surface area contributed by atoms with Crippen LogP contribution in [-0.4, -0.2) is 30.1 Å². The van der Waals surface area contributed by atoms with Crippen LogP contribution in [0.25, 0.3) is 15.7 Å². The van der Waals surface area contributed by atoms with Crippen molar-refractivity contribution in [3.63, 3.8) is 0 Å². The van der Waals surface area contributed by atoms with Gasteiger partial charge in [-0.15, -0.1) is 0 Å². The van der Waals surface area contributed by atoms with Crippen molar-refractivity contribution in [1.82, 2.24) is 10.3 Å². The molecule has 2 heterocycles. The van der Waals surface area contributed by atoms with E-state index in [0.29, 0.717) is 11.4 Å². The van der Waals surface area contributed by atoms with Crippen molar-refractivity contribution in [1.29, 1.82) is 0 Å². The summed E-state index contributed by atoms with van der Waals surface area (Å²) in [7, 11) is 0. The number of fused-ring (bicyclic) bond motifs is 1. The van der Waals surface area contributed by atoms with E-state index in [4.69, 9.17) is 4.74 Å². The Morgan fingerprint density at radius 2 is 1.78 bits per heavy atom. The summed E-state index contributed by atoms with van der Waals surface area (Å²) in [5.74, 6) is 1.09. The highest BCUT2D eigenvalue weighted by molar-refractivity contribution is 8.11. The third-order valence-electron chi connectivity index (χ3n) is 5.29. The number of thioether (sulfide) groups is 1. The second-order valence-corrected chi connectivity index (χ2v) is 9.30. The van der Waals surface area contributed by atoms with E-state index in [2.05, 4.69) is 34.8 Å². The lowest BCUT2D eigenvalue weighted by atomic mass is 10.1. The summed E-state index contributed by atoms with van der Waals surface area (Å²) in [4.78, 5) is 19.0. The summed E-state index contributed by atoms with van der Waals surface area (Å²) >= 11 is 1.55. The van der Waals surface area contributed by atoms with Crippen LogP contribution in [0.15, 0.2) is 72.8 Å². The van der Waals surface area contributed by atoms with E-state index in [0.717, 1.165) is 57.8 Å². The molecule has 0 atom stereocenters. The van der Waals surface area contributed by atoms with Gasteiger partial charge in [-0.05, 0) is 85.1 Å². The SMILES string of the molecule is C=C(C)SC(=C)c1ccc2cnc(NC(=O)c3ccc(OC4CCNCC4)cc3)cc2c1. The van der Waals surface area contributed by atoms with Gasteiger partial charge in [-0.3, -0.25) is 4.79 Å². The predicted molar refractivity (Wildman–Crippen MR) is 134 cm³/mol. The van der Waals surface area contributed by atoms with Gasteiger partial charge in [0.1, 0.15) is 17.7 Å². The van der Waals surface area contributed by atoms with Crippen molar-refractivity contribution in [2.45, 2.75) is 25.9 Å². The van der Waals surface area contributed by atoms with Crippen molar-refractivity contribution in [3.05, 3.63) is 83.9 Å². The number of hydrogen-bond donors (Lipinski definition) is 2. The number of hydrogen-bond acceptors (Lipinski definition) is 5. The number of ether oxygens (including phenoxy) is 1. The van der Waals surface area contributed by atoms with Gasteiger partial charge in [-0.1, -0.05) is 37.1 Å². The molecule has 0 saturated carbocycles. The molecule has 0 spiro atoms. The molecule has 1 fully saturated rings. The maximum absolute atomic E-state index is 12.7. The highest BCUT2D eigenvalue weighted by atomic mass is 32.2. The molecule has 1 aromatic heterocycles. The number of benzene rings is 2. The number of amides is 1. The molecule has 1 aliphatic heterocycles. The summed E-state index contributed by atoms with van der Waals surface area (Å²) in [6.07, 6.45) is 3.99. The molecule has 5 nitrogen and oxygen atoms in total. The number of carbonyl (C=O) groups excluding carboxylic acids is 1. The van der Waals surface area contributed by atoms with Gasteiger partial charge in [0.2, 0.25) is 0 Å². The van der Waals surface area contributed by atoms with Crippen molar-refractivity contribution in [2.75, 3.05) is 18.4 Å². The van der Waals surface area contributed by atoms with Crippen LogP contribution >= 0.6 is 11.8 Å². The molecule has 1 amide bonds. The van der Waals surface area contributed by atoms with Crippen LogP contribution in [0.4, 0.5) is 5.82 Å². The van der Waals surface area contributed by atoms with Gasteiger partial charge in [-0.2, -0.15) is 0 Å². The lowest BCUT2D eigenvalue weighted by Gasteiger charge is -2.23. The normalized spacial score (nSPS) is 14.2. The summed E-state index contributed by atoms with van der Waals surface area (Å²) in [5.41, 5.74) is 1.59. The quantitative estimate of drug-likeness (QED) is 0.477. The lowest BCUT2D eigenvalue weighted by Crippen LogP contribution is -2.34. The van der Waals surface area contributed by atoms with E-state index >= 15 is 0 Å². The topological polar surface area (TPSA) is 63.2 Å². The number of aromatic nitrogens is 1. The monoisotopic (exact) mass is 445 g/mol. The zero-order valence-electron chi connectivity index (χ0n) is 18.2. The molecule has 2 aromatic carbocycles. The van der Waals surface area contributed by atoms with Crippen LogP contribution in [-0.2, 0) is 0 Å². The standard InChI is InChI=1S/C26H27N3O2S/c1-17(2)32-18(3)20-4-5-21-16-28-25(15-22(21)14-20)29-26(30)19-6-8-23(9-7-19)31-24-10-12-27-13-11-24/h4-9,14-16,24,27H,1,3,10-13H2,2H3,(H,28,29,30). The lowest BCUT2D eigenvalue weighted by molar-refractivity contribution is 0.102. The van der Waals surface area contributed by atoms with Gasteiger partial charge in [0.05, 0.1) is 0 Å². The number of anilines is 1. The molecular weight excluding hydrogens is 418 g/mol. The predicted octanol–water partition coefficient (Wildman–Crippen LogP) is 5.86. The summed E-state index contributed by atoms with van der Waals surface area (Å²) in [6, 6.07) is 15.2. The van der Waals surface area contributed by atoms with Crippen LogP contribution in [0.1, 0.15) is 35.7 Å². The van der Waals surface area contributed by atoms with Crippen molar-refractivity contribution >= 4 is 39.2 Å². The van der Waals surface area contributed by atoms with E-state index < -0.39 is 0 Å². The maximum atomic E-state index is 12.7. The first-order valence-electron chi connectivity index (χ1n) is 10.7. The Bertz CT molecular complexity index is 1150. The van der Waals surface area contributed by atoms with Crippen LogP contribution in [0.5, 0.6) is 5.75 Å². The molecular formula is C26H27N3O2S. The minimum absolute atomic E-state index is 0.205. The fourth-order valence-corrected chi connectivity index (χ4v) is 4.30. The molecule has 2 N–H and O–H groups in total. The average Bonchev–Trinajstić information content (AvgIpc) is 2.79. The second-order valence-electron chi connectivity index (χ2n) is 7.90. The zero-order valence-corrected chi connectivity index (χ0v) is 19.0. The Kier molecular flexibility index (Phi) is 6.93. The van der Waals surface area contributed by atoms with Gasteiger partial charge < -0.3 is 15.4 Å².